The number of unbranched alkanes of at least 4 members (excludes halogenated alkanes) is 8. The Morgan fingerprint density at radius 2 is 1.21 bits per heavy atom. The topological polar surface area (TPSA) is 35.5 Å². The van der Waals surface area contributed by atoms with E-state index in [2.05, 4.69) is 26.0 Å². The fraction of sp³-hybridized carbons (Fsp3) is 0.629. The first kappa shape index (κ1) is 30.3. The summed E-state index contributed by atoms with van der Waals surface area (Å²) in [4.78, 5) is 12.6. The zero-order valence-electron chi connectivity index (χ0n) is 24.2. The van der Waals surface area contributed by atoms with E-state index in [1.54, 1.807) is 12.1 Å². The number of ether oxygens (including phenoxy) is 2. The number of aryl methyl sites for hydroxylation is 1. The van der Waals surface area contributed by atoms with E-state index in [9.17, 15) is 4.79 Å². The molecule has 0 unspecified atom stereocenters. The van der Waals surface area contributed by atoms with Crippen molar-refractivity contribution in [1.29, 1.82) is 0 Å². The highest BCUT2D eigenvalue weighted by molar-refractivity contribution is 5.91. The SMILES string of the molecule is CCCCCCCCCOc1ccc(C(=O)Oc2ccc(CC[C@H]3CC[C@H](CCCCC)CC3)cc2)cc1. The van der Waals surface area contributed by atoms with E-state index in [1.807, 2.05) is 24.3 Å². The van der Waals surface area contributed by atoms with Gasteiger partial charge in [-0.05, 0) is 73.1 Å². The van der Waals surface area contributed by atoms with Crippen molar-refractivity contribution in [2.24, 2.45) is 11.8 Å². The smallest absolute Gasteiger partial charge is 0.343 e. The Bertz CT molecular complexity index is 878. The molecule has 1 aliphatic rings. The van der Waals surface area contributed by atoms with Gasteiger partial charge in [0.05, 0.1) is 12.2 Å². The van der Waals surface area contributed by atoms with E-state index in [0.29, 0.717) is 11.3 Å². The summed E-state index contributed by atoms with van der Waals surface area (Å²) >= 11 is 0. The molecule has 1 saturated carbocycles. The molecule has 0 amide bonds. The van der Waals surface area contributed by atoms with Crippen LogP contribution in [0.3, 0.4) is 0 Å². The number of esters is 1. The van der Waals surface area contributed by atoms with E-state index >= 15 is 0 Å². The van der Waals surface area contributed by atoms with Crippen LogP contribution in [-0.4, -0.2) is 12.6 Å². The largest absolute Gasteiger partial charge is 0.494 e. The van der Waals surface area contributed by atoms with Crippen LogP contribution in [0.1, 0.15) is 133 Å². The van der Waals surface area contributed by atoms with Crippen molar-refractivity contribution >= 4 is 5.97 Å². The molecule has 2 aromatic rings. The van der Waals surface area contributed by atoms with Crippen molar-refractivity contribution in [3.05, 3.63) is 59.7 Å². The zero-order valence-corrected chi connectivity index (χ0v) is 24.2. The molecule has 0 atom stereocenters. The highest BCUT2D eigenvalue weighted by atomic mass is 16.5. The summed E-state index contributed by atoms with van der Waals surface area (Å²) in [6, 6.07) is 15.4. The molecule has 0 heterocycles. The van der Waals surface area contributed by atoms with Gasteiger partial charge in [-0.1, -0.05) is 116 Å². The molecule has 0 saturated heterocycles. The van der Waals surface area contributed by atoms with Crippen molar-refractivity contribution in [2.75, 3.05) is 6.61 Å². The minimum atomic E-state index is -0.327. The number of carbonyl (C=O) groups is 1. The van der Waals surface area contributed by atoms with Gasteiger partial charge < -0.3 is 9.47 Å². The summed E-state index contributed by atoms with van der Waals surface area (Å²) in [6.45, 7) is 5.27. The van der Waals surface area contributed by atoms with Crippen molar-refractivity contribution < 1.29 is 14.3 Å². The maximum absolute atomic E-state index is 12.6. The van der Waals surface area contributed by atoms with Crippen molar-refractivity contribution in [1.82, 2.24) is 0 Å². The average Bonchev–Trinajstić information content (AvgIpc) is 2.95. The minimum absolute atomic E-state index is 0.327. The second-order valence-corrected chi connectivity index (χ2v) is 11.4. The van der Waals surface area contributed by atoms with Gasteiger partial charge in [-0.2, -0.15) is 0 Å². The lowest BCUT2D eigenvalue weighted by atomic mass is 9.78. The quantitative estimate of drug-likeness (QED) is 0.111. The predicted molar refractivity (Wildman–Crippen MR) is 159 cm³/mol. The van der Waals surface area contributed by atoms with Crippen LogP contribution >= 0.6 is 0 Å². The maximum atomic E-state index is 12.6. The second kappa shape index (κ2) is 18.1. The molecule has 0 N–H and O–H groups in total. The van der Waals surface area contributed by atoms with E-state index in [0.717, 1.165) is 37.0 Å². The first-order valence-electron chi connectivity index (χ1n) is 15.7. The zero-order chi connectivity index (χ0) is 26.8. The van der Waals surface area contributed by atoms with Gasteiger partial charge in [0, 0.05) is 0 Å². The third-order valence-electron chi connectivity index (χ3n) is 8.26. The number of hydrogen-bond acceptors (Lipinski definition) is 3. The van der Waals surface area contributed by atoms with Gasteiger partial charge >= 0.3 is 5.97 Å². The maximum Gasteiger partial charge on any atom is 0.343 e. The fourth-order valence-electron chi connectivity index (χ4n) is 5.69. The summed E-state index contributed by atoms with van der Waals surface area (Å²) in [6.07, 6.45) is 22.5. The number of hydrogen-bond donors (Lipinski definition) is 0. The molecule has 38 heavy (non-hydrogen) atoms. The lowest BCUT2D eigenvalue weighted by Crippen LogP contribution is -2.15. The van der Waals surface area contributed by atoms with E-state index < -0.39 is 0 Å². The van der Waals surface area contributed by atoms with Crippen LogP contribution in [0.4, 0.5) is 0 Å². The molecule has 0 bridgehead atoms. The van der Waals surface area contributed by atoms with Crippen molar-refractivity contribution in [3.63, 3.8) is 0 Å². The third-order valence-corrected chi connectivity index (χ3v) is 8.26. The predicted octanol–water partition coefficient (Wildman–Crippen LogP) is 10.4. The van der Waals surface area contributed by atoms with Crippen molar-refractivity contribution in [3.8, 4) is 11.5 Å². The Morgan fingerprint density at radius 3 is 1.87 bits per heavy atom. The van der Waals surface area contributed by atoms with Crippen LogP contribution in [0.25, 0.3) is 0 Å². The standard InChI is InChI=1S/C35H52O3/c1-3-5-7-8-9-10-12-28-37-33-26-22-32(23-27-33)35(36)38-34-24-20-31(21-25-34)19-18-30-16-14-29(15-17-30)13-11-6-4-2/h20-27,29-30H,3-19,28H2,1-2H3/t29-,30-. The number of rotatable bonds is 18. The molecule has 3 heteroatoms. The molecule has 3 rings (SSSR count). The Kier molecular flexibility index (Phi) is 14.4. The summed E-state index contributed by atoms with van der Waals surface area (Å²) in [5.41, 5.74) is 1.87. The van der Waals surface area contributed by atoms with Crippen LogP contribution in [0.15, 0.2) is 48.5 Å². The fourth-order valence-corrected chi connectivity index (χ4v) is 5.69. The van der Waals surface area contributed by atoms with Crippen LogP contribution in [-0.2, 0) is 6.42 Å². The van der Waals surface area contributed by atoms with Gasteiger partial charge in [0.25, 0.3) is 0 Å². The Hall–Kier alpha value is -2.29. The second-order valence-electron chi connectivity index (χ2n) is 11.4. The molecular formula is C35H52O3. The van der Waals surface area contributed by atoms with Crippen LogP contribution in [0.5, 0.6) is 11.5 Å². The summed E-state index contributed by atoms with van der Waals surface area (Å²) in [5.74, 6) is 2.93. The lowest BCUT2D eigenvalue weighted by Gasteiger charge is -2.28. The molecule has 0 aromatic heterocycles. The van der Waals surface area contributed by atoms with Gasteiger partial charge in [-0.25, -0.2) is 4.79 Å². The molecule has 1 fully saturated rings. The normalized spacial score (nSPS) is 17.3. The molecule has 210 valence electrons. The molecule has 0 radical (unpaired) electrons. The Labute approximate surface area is 232 Å². The summed E-state index contributed by atoms with van der Waals surface area (Å²) in [7, 11) is 0. The molecule has 2 aromatic carbocycles. The highest BCUT2D eigenvalue weighted by Gasteiger charge is 2.20. The summed E-state index contributed by atoms with van der Waals surface area (Å²) < 4.78 is 11.5. The molecule has 1 aliphatic carbocycles. The molecule has 0 aliphatic heterocycles. The van der Waals surface area contributed by atoms with Gasteiger partial charge in [0.15, 0.2) is 0 Å². The Morgan fingerprint density at radius 1 is 0.658 bits per heavy atom. The van der Waals surface area contributed by atoms with E-state index in [-0.39, 0.29) is 5.97 Å². The first-order chi connectivity index (χ1) is 18.7. The average molecular weight is 521 g/mol. The lowest BCUT2D eigenvalue weighted by molar-refractivity contribution is 0.0734. The number of carbonyl (C=O) groups excluding carboxylic acids is 1. The van der Waals surface area contributed by atoms with Crippen molar-refractivity contribution in [2.45, 2.75) is 123 Å². The van der Waals surface area contributed by atoms with Gasteiger partial charge in [0.1, 0.15) is 11.5 Å². The van der Waals surface area contributed by atoms with Crippen LogP contribution in [0.2, 0.25) is 0 Å². The Balaban J connectivity index is 1.31. The minimum Gasteiger partial charge on any atom is -0.494 e. The number of benzene rings is 2. The van der Waals surface area contributed by atoms with E-state index in [4.69, 9.17) is 9.47 Å². The highest BCUT2D eigenvalue weighted by Crippen LogP contribution is 2.34. The van der Waals surface area contributed by atoms with Gasteiger partial charge in [-0.15, -0.1) is 0 Å². The first-order valence-corrected chi connectivity index (χ1v) is 15.7. The van der Waals surface area contributed by atoms with Crippen LogP contribution in [0, 0.1) is 11.8 Å². The monoisotopic (exact) mass is 520 g/mol. The molecule has 0 spiro atoms. The van der Waals surface area contributed by atoms with Crippen LogP contribution < -0.4 is 9.47 Å². The summed E-state index contributed by atoms with van der Waals surface area (Å²) in [5, 5.41) is 0. The van der Waals surface area contributed by atoms with Gasteiger partial charge in [0.2, 0.25) is 0 Å². The third kappa shape index (κ3) is 11.6. The van der Waals surface area contributed by atoms with Gasteiger partial charge in [-0.3, -0.25) is 0 Å². The molecule has 3 nitrogen and oxygen atoms in total. The van der Waals surface area contributed by atoms with E-state index in [1.165, 1.54) is 102 Å². The molecular weight excluding hydrogens is 468 g/mol.